The molecule has 3 aromatic rings. The van der Waals surface area contributed by atoms with Crippen molar-refractivity contribution in [3.05, 3.63) is 83.4 Å². The lowest BCUT2D eigenvalue weighted by atomic mass is 9.94. The Balaban J connectivity index is 1.90. The molecule has 8 nitrogen and oxygen atoms in total. The molecule has 0 aliphatic carbocycles. The first kappa shape index (κ1) is 27.6. The zero-order valence-corrected chi connectivity index (χ0v) is 22.5. The highest BCUT2D eigenvalue weighted by Crippen LogP contribution is 2.44. The van der Waals surface area contributed by atoms with Gasteiger partial charge in [-0.1, -0.05) is 38.1 Å². The van der Waals surface area contributed by atoms with E-state index in [-0.39, 0.29) is 22.8 Å². The first-order chi connectivity index (χ1) is 18.7. The van der Waals surface area contributed by atoms with Crippen molar-refractivity contribution in [2.45, 2.75) is 33.7 Å². The van der Waals surface area contributed by atoms with Crippen LogP contribution in [0.2, 0.25) is 0 Å². The van der Waals surface area contributed by atoms with Crippen molar-refractivity contribution in [1.29, 1.82) is 0 Å². The first-order valence-electron chi connectivity index (χ1n) is 13.0. The summed E-state index contributed by atoms with van der Waals surface area (Å²) >= 11 is 0. The smallest absolute Gasteiger partial charge is 0.300 e. The van der Waals surface area contributed by atoms with E-state index in [1.54, 1.807) is 67.6 Å². The van der Waals surface area contributed by atoms with Crippen molar-refractivity contribution in [3.63, 3.8) is 0 Å². The second-order valence-electron chi connectivity index (χ2n) is 9.49. The third-order valence-electron chi connectivity index (χ3n) is 6.14. The lowest BCUT2D eigenvalue weighted by molar-refractivity contribution is -0.132. The topological polar surface area (TPSA) is 106 Å². The molecule has 8 heteroatoms. The van der Waals surface area contributed by atoms with Crippen LogP contribution in [0.1, 0.15) is 44.9 Å². The van der Waals surface area contributed by atoms with E-state index in [0.29, 0.717) is 54.1 Å². The maximum atomic E-state index is 13.5. The van der Waals surface area contributed by atoms with Crippen molar-refractivity contribution < 1.29 is 34.0 Å². The number of rotatable bonds is 10. The number of aromatic hydroxyl groups is 1. The van der Waals surface area contributed by atoms with Crippen LogP contribution in [0.4, 0.5) is 5.69 Å². The standard InChI is InChI=1S/C31H33NO7/c1-5-37-24-12-8-10-22(17-24)32-28(20-13-14-25(33)26(16-20)38-6-2)27(30(35)31(32)36)29(34)21-9-7-11-23(15-21)39-18-19(3)4/h7-17,19,28,33-34H,5-6,18H2,1-4H3/b29-27-. The molecule has 0 saturated carbocycles. The largest absolute Gasteiger partial charge is 0.507 e. The van der Waals surface area contributed by atoms with Crippen LogP contribution in [0.5, 0.6) is 23.0 Å². The summed E-state index contributed by atoms with van der Waals surface area (Å²) in [5.74, 6) is -0.472. The number of amides is 1. The molecule has 1 aliphatic heterocycles. The molecule has 1 amide bonds. The van der Waals surface area contributed by atoms with Gasteiger partial charge >= 0.3 is 0 Å². The van der Waals surface area contributed by atoms with Crippen molar-refractivity contribution >= 4 is 23.1 Å². The highest BCUT2D eigenvalue weighted by Gasteiger charge is 2.47. The van der Waals surface area contributed by atoms with E-state index in [2.05, 4.69) is 0 Å². The third-order valence-corrected chi connectivity index (χ3v) is 6.14. The van der Waals surface area contributed by atoms with E-state index in [9.17, 15) is 19.8 Å². The number of phenolic OH excluding ortho intramolecular Hbond substituents is 1. The number of carbonyl (C=O) groups excluding carboxylic acids is 2. The van der Waals surface area contributed by atoms with Crippen LogP contribution >= 0.6 is 0 Å². The van der Waals surface area contributed by atoms with Gasteiger partial charge in [0.05, 0.1) is 31.4 Å². The molecule has 1 heterocycles. The number of Topliss-reactive ketones (excluding diaryl/α,β-unsaturated/α-hetero) is 1. The lowest BCUT2D eigenvalue weighted by Crippen LogP contribution is -2.29. The SMILES string of the molecule is CCOc1cccc(N2C(=O)C(=O)/C(=C(\O)c3cccc(OCC(C)C)c3)C2c2ccc(O)c(OCC)c2)c1. The fraction of sp³-hybridized carbons (Fsp3) is 0.290. The van der Waals surface area contributed by atoms with Crippen molar-refractivity contribution in [1.82, 2.24) is 0 Å². The molecule has 0 aromatic heterocycles. The molecule has 3 aromatic carbocycles. The van der Waals surface area contributed by atoms with E-state index in [0.717, 1.165) is 0 Å². The monoisotopic (exact) mass is 531 g/mol. The average molecular weight is 532 g/mol. The summed E-state index contributed by atoms with van der Waals surface area (Å²) in [5.41, 5.74) is 1.15. The molecule has 204 valence electrons. The highest BCUT2D eigenvalue weighted by molar-refractivity contribution is 6.51. The fourth-order valence-corrected chi connectivity index (χ4v) is 4.43. The van der Waals surface area contributed by atoms with E-state index >= 15 is 0 Å². The predicted octanol–water partition coefficient (Wildman–Crippen LogP) is 5.85. The van der Waals surface area contributed by atoms with Gasteiger partial charge < -0.3 is 24.4 Å². The van der Waals surface area contributed by atoms with Gasteiger partial charge in [0.15, 0.2) is 11.5 Å². The Labute approximate surface area is 228 Å². The average Bonchev–Trinajstić information content (AvgIpc) is 3.19. The van der Waals surface area contributed by atoms with E-state index in [4.69, 9.17) is 14.2 Å². The maximum Gasteiger partial charge on any atom is 0.300 e. The Morgan fingerprint density at radius 1 is 0.897 bits per heavy atom. The summed E-state index contributed by atoms with van der Waals surface area (Å²) in [7, 11) is 0. The van der Waals surface area contributed by atoms with Gasteiger partial charge in [0, 0.05) is 17.3 Å². The normalized spacial score (nSPS) is 16.5. The summed E-state index contributed by atoms with van der Waals surface area (Å²) in [5, 5.41) is 21.8. The summed E-state index contributed by atoms with van der Waals surface area (Å²) in [6.45, 7) is 8.90. The molecule has 1 unspecified atom stereocenters. The number of ether oxygens (including phenoxy) is 3. The van der Waals surface area contributed by atoms with Crippen molar-refractivity contribution in [2.24, 2.45) is 5.92 Å². The summed E-state index contributed by atoms with van der Waals surface area (Å²) < 4.78 is 17.0. The number of benzene rings is 3. The zero-order chi connectivity index (χ0) is 28.1. The summed E-state index contributed by atoms with van der Waals surface area (Å²) in [4.78, 5) is 28.4. The molecule has 0 bridgehead atoms. The molecule has 1 fully saturated rings. The lowest BCUT2D eigenvalue weighted by Gasteiger charge is -2.26. The van der Waals surface area contributed by atoms with Crippen molar-refractivity contribution in [2.75, 3.05) is 24.7 Å². The third kappa shape index (κ3) is 5.85. The Morgan fingerprint density at radius 2 is 1.59 bits per heavy atom. The quantitative estimate of drug-likeness (QED) is 0.192. The molecule has 4 rings (SSSR count). The van der Waals surface area contributed by atoms with Crippen LogP contribution in [-0.4, -0.2) is 41.7 Å². The van der Waals surface area contributed by atoms with Gasteiger partial charge in [-0.25, -0.2) is 0 Å². The van der Waals surface area contributed by atoms with Crippen LogP contribution < -0.4 is 19.1 Å². The second kappa shape index (κ2) is 11.9. The van der Waals surface area contributed by atoms with Crippen molar-refractivity contribution in [3.8, 4) is 23.0 Å². The number of anilines is 1. The number of aliphatic hydroxyl groups excluding tert-OH is 1. The number of aliphatic hydroxyl groups is 1. The minimum Gasteiger partial charge on any atom is -0.507 e. The molecule has 0 spiro atoms. The van der Waals surface area contributed by atoms with Gasteiger partial charge in [-0.2, -0.15) is 0 Å². The zero-order valence-electron chi connectivity index (χ0n) is 22.5. The Morgan fingerprint density at radius 3 is 2.28 bits per heavy atom. The molecule has 1 atom stereocenters. The first-order valence-corrected chi connectivity index (χ1v) is 13.0. The molecular formula is C31H33NO7. The Bertz CT molecular complexity index is 1400. The second-order valence-corrected chi connectivity index (χ2v) is 9.49. The number of ketones is 1. The number of phenols is 1. The van der Waals surface area contributed by atoms with Gasteiger partial charge in [0.25, 0.3) is 11.7 Å². The minimum atomic E-state index is -0.998. The predicted molar refractivity (Wildman–Crippen MR) is 148 cm³/mol. The van der Waals surface area contributed by atoms with Gasteiger partial charge in [-0.3, -0.25) is 14.5 Å². The number of hydrogen-bond acceptors (Lipinski definition) is 7. The molecule has 0 radical (unpaired) electrons. The van der Waals surface area contributed by atoms with Crippen LogP contribution in [0.15, 0.2) is 72.3 Å². The van der Waals surface area contributed by atoms with Gasteiger partial charge in [0.1, 0.15) is 17.3 Å². The van der Waals surface area contributed by atoms with Crippen LogP contribution in [0.25, 0.3) is 5.76 Å². The Hall–Kier alpha value is -4.46. The minimum absolute atomic E-state index is 0.0779. The van der Waals surface area contributed by atoms with E-state index in [1.807, 2.05) is 20.8 Å². The Kier molecular flexibility index (Phi) is 8.44. The van der Waals surface area contributed by atoms with Crippen LogP contribution in [-0.2, 0) is 9.59 Å². The van der Waals surface area contributed by atoms with Gasteiger partial charge in [-0.15, -0.1) is 0 Å². The van der Waals surface area contributed by atoms with Gasteiger partial charge in [-0.05, 0) is 61.7 Å². The molecule has 1 saturated heterocycles. The van der Waals surface area contributed by atoms with Crippen LogP contribution in [0.3, 0.4) is 0 Å². The van der Waals surface area contributed by atoms with Gasteiger partial charge in [0.2, 0.25) is 0 Å². The molecular weight excluding hydrogens is 498 g/mol. The summed E-state index contributed by atoms with van der Waals surface area (Å²) in [6.07, 6.45) is 0. The number of carbonyl (C=O) groups is 2. The number of hydrogen-bond donors (Lipinski definition) is 2. The molecule has 2 N–H and O–H groups in total. The fourth-order valence-electron chi connectivity index (χ4n) is 4.43. The highest BCUT2D eigenvalue weighted by atomic mass is 16.5. The molecule has 1 aliphatic rings. The number of nitrogens with zero attached hydrogens (tertiary/aromatic N) is 1. The molecule has 39 heavy (non-hydrogen) atoms. The van der Waals surface area contributed by atoms with E-state index < -0.39 is 17.7 Å². The van der Waals surface area contributed by atoms with Crippen LogP contribution in [0, 0.1) is 5.92 Å². The van der Waals surface area contributed by atoms with E-state index in [1.165, 1.54) is 11.0 Å². The maximum absolute atomic E-state index is 13.5. The summed E-state index contributed by atoms with van der Waals surface area (Å²) in [6, 6.07) is 17.3.